The zero-order chi connectivity index (χ0) is 10.7. The molecule has 0 spiro atoms. The maximum Gasteiger partial charge on any atom is 0.153 e. The predicted molar refractivity (Wildman–Crippen MR) is 63.4 cm³/mol. The smallest absolute Gasteiger partial charge is 0.153 e. The molecule has 2 heterocycles. The summed E-state index contributed by atoms with van der Waals surface area (Å²) in [6.07, 6.45) is 6.74. The van der Waals surface area contributed by atoms with Gasteiger partial charge in [-0.1, -0.05) is 28.9 Å². The first-order chi connectivity index (χ1) is 7.33. The molecule has 0 bridgehead atoms. The Hall–Kier alpha value is -1.16. The van der Waals surface area contributed by atoms with Crippen LogP contribution in [0.5, 0.6) is 0 Å². The monoisotopic (exact) mass is 265 g/mol. The molecule has 2 aromatic heterocycles. The van der Waals surface area contributed by atoms with E-state index in [1.165, 1.54) is 11.1 Å². The van der Waals surface area contributed by atoms with Crippen LogP contribution in [0.4, 0.5) is 0 Å². The van der Waals surface area contributed by atoms with Crippen molar-refractivity contribution >= 4 is 15.9 Å². The van der Waals surface area contributed by atoms with E-state index in [1.807, 2.05) is 30.7 Å². The van der Waals surface area contributed by atoms with E-state index in [0.717, 1.165) is 17.6 Å². The van der Waals surface area contributed by atoms with Crippen LogP contribution in [0.1, 0.15) is 18.1 Å². The van der Waals surface area contributed by atoms with Crippen molar-refractivity contribution in [2.45, 2.75) is 18.7 Å². The SMILES string of the molecule is CCc1cnn(-c2ccc(CBr)cn2)c1. The van der Waals surface area contributed by atoms with Crippen molar-refractivity contribution in [1.29, 1.82) is 0 Å². The van der Waals surface area contributed by atoms with Gasteiger partial charge in [0.15, 0.2) is 5.82 Å². The molecule has 0 aliphatic heterocycles. The van der Waals surface area contributed by atoms with Crippen LogP contribution >= 0.6 is 15.9 Å². The number of alkyl halides is 1. The number of pyridine rings is 1. The summed E-state index contributed by atoms with van der Waals surface area (Å²) in [5, 5.41) is 5.09. The lowest BCUT2D eigenvalue weighted by molar-refractivity contribution is 0.844. The number of aryl methyl sites for hydroxylation is 1. The molecule has 0 saturated heterocycles. The second-order valence-electron chi connectivity index (χ2n) is 3.30. The van der Waals surface area contributed by atoms with Gasteiger partial charge in [-0.2, -0.15) is 5.10 Å². The Morgan fingerprint density at radius 3 is 2.67 bits per heavy atom. The molecule has 0 aromatic carbocycles. The Kier molecular flexibility index (Phi) is 3.16. The van der Waals surface area contributed by atoms with Gasteiger partial charge in [0.05, 0.1) is 6.20 Å². The zero-order valence-electron chi connectivity index (χ0n) is 8.52. The first-order valence-corrected chi connectivity index (χ1v) is 6.00. The second kappa shape index (κ2) is 4.57. The van der Waals surface area contributed by atoms with E-state index in [2.05, 4.69) is 32.9 Å². The minimum absolute atomic E-state index is 0.833. The van der Waals surface area contributed by atoms with Crippen molar-refractivity contribution in [2.75, 3.05) is 0 Å². The Balaban J connectivity index is 2.28. The fraction of sp³-hybridized carbons (Fsp3) is 0.273. The number of halogens is 1. The lowest BCUT2D eigenvalue weighted by Crippen LogP contribution is -1.97. The van der Waals surface area contributed by atoms with Gasteiger partial charge in [0, 0.05) is 17.7 Å². The molecular formula is C11H12BrN3. The van der Waals surface area contributed by atoms with Crippen molar-refractivity contribution < 1.29 is 0 Å². The maximum absolute atomic E-state index is 4.34. The van der Waals surface area contributed by atoms with Crippen LogP contribution in [0.3, 0.4) is 0 Å². The molecule has 0 aliphatic rings. The highest BCUT2D eigenvalue weighted by Gasteiger charge is 2.00. The number of rotatable bonds is 3. The minimum Gasteiger partial charge on any atom is -0.237 e. The molecule has 2 rings (SSSR count). The van der Waals surface area contributed by atoms with Crippen LogP contribution in [-0.2, 0) is 11.8 Å². The third-order valence-corrected chi connectivity index (χ3v) is 2.89. The highest BCUT2D eigenvalue weighted by atomic mass is 79.9. The molecule has 0 unspecified atom stereocenters. The van der Waals surface area contributed by atoms with Gasteiger partial charge in [-0.05, 0) is 23.6 Å². The fourth-order valence-corrected chi connectivity index (χ4v) is 1.63. The predicted octanol–water partition coefficient (Wildman–Crippen LogP) is 2.72. The molecule has 2 aromatic rings. The van der Waals surface area contributed by atoms with Gasteiger partial charge in [-0.25, -0.2) is 9.67 Å². The molecule has 0 saturated carbocycles. The Morgan fingerprint density at radius 1 is 1.27 bits per heavy atom. The fourth-order valence-electron chi connectivity index (χ4n) is 1.30. The largest absolute Gasteiger partial charge is 0.237 e. The van der Waals surface area contributed by atoms with Crippen molar-refractivity contribution in [3.63, 3.8) is 0 Å². The van der Waals surface area contributed by atoms with Gasteiger partial charge in [0.1, 0.15) is 0 Å². The number of hydrogen-bond acceptors (Lipinski definition) is 2. The second-order valence-corrected chi connectivity index (χ2v) is 3.87. The van der Waals surface area contributed by atoms with Crippen LogP contribution in [0.15, 0.2) is 30.7 Å². The highest BCUT2D eigenvalue weighted by Crippen LogP contribution is 2.09. The molecule has 0 atom stereocenters. The molecule has 0 N–H and O–H groups in total. The molecule has 0 amide bonds. The van der Waals surface area contributed by atoms with Crippen LogP contribution in [-0.4, -0.2) is 14.8 Å². The van der Waals surface area contributed by atoms with E-state index in [-0.39, 0.29) is 0 Å². The summed E-state index contributed by atoms with van der Waals surface area (Å²) in [6, 6.07) is 4.02. The van der Waals surface area contributed by atoms with Crippen molar-refractivity contribution in [3.8, 4) is 5.82 Å². The number of nitrogens with zero attached hydrogens (tertiary/aromatic N) is 3. The average molecular weight is 266 g/mol. The summed E-state index contributed by atoms with van der Waals surface area (Å²) < 4.78 is 1.80. The summed E-state index contributed by atoms with van der Waals surface area (Å²) in [5.74, 6) is 0.861. The quantitative estimate of drug-likeness (QED) is 0.800. The Morgan fingerprint density at radius 2 is 2.13 bits per heavy atom. The van der Waals surface area contributed by atoms with E-state index in [9.17, 15) is 0 Å². The zero-order valence-corrected chi connectivity index (χ0v) is 10.1. The molecule has 15 heavy (non-hydrogen) atoms. The third-order valence-electron chi connectivity index (χ3n) is 2.24. The Bertz CT molecular complexity index is 433. The van der Waals surface area contributed by atoms with Crippen LogP contribution in [0.2, 0.25) is 0 Å². The van der Waals surface area contributed by atoms with E-state index < -0.39 is 0 Å². The molecule has 4 heteroatoms. The van der Waals surface area contributed by atoms with Gasteiger partial charge in [-0.15, -0.1) is 0 Å². The Labute approximate surface area is 97.3 Å². The molecule has 0 radical (unpaired) electrons. The van der Waals surface area contributed by atoms with Crippen molar-refractivity contribution in [2.24, 2.45) is 0 Å². The molecule has 0 fully saturated rings. The van der Waals surface area contributed by atoms with Gasteiger partial charge in [-0.3, -0.25) is 0 Å². The summed E-state index contributed by atoms with van der Waals surface area (Å²) >= 11 is 3.39. The lowest BCUT2D eigenvalue weighted by Gasteiger charge is -2.00. The number of hydrogen-bond donors (Lipinski definition) is 0. The molecule has 0 aliphatic carbocycles. The first-order valence-electron chi connectivity index (χ1n) is 4.88. The summed E-state index contributed by atoms with van der Waals surface area (Å²) in [6.45, 7) is 2.11. The minimum atomic E-state index is 0.833. The molecular weight excluding hydrogens is 254 g/mol. The highest BCUT2D eigenvalue weighted by molar-refractivity contribution is 9.08. The van der Waals surface area contributed by atoms with Gasteiger partial charge >= 0.3 is 0 Å². The topological polar surface area (TPSA) is 30.7 Å². The summed E-state index contributed by atoms with van der Waals surface area (Å²) in [5.41, 5.74) is 2.39. The molecule has 78 valence electrons. The summed E-state index contributed by atoms with van der Waals surface area (Å²) in [7, 11) is 0. The third kappa shape index (κ3) is 2.26. The maximum atomic E-state index is 4.34. The van der Waals surface area contributed by atoms with Crippen LogP contribution in [0, 0.1) is 0 Å². The van der Waals surface area contributed by atoms with E-state index in [0.29, 0.717) is 0 Å². The van der Waals surface area contributed by atoms with Gasteiger partial charge in [0.2, 0.25) is 0 Å². The van der Waals surface area contributed by atoms with E-state index in [1.54, 1.807) is 4.68 Å². The molecule has 3 nitrogen and oxygen atoms in total. The number of aromatic nitrogens is 3. The first kappa shape index (κ1) is 10.4. The van der Waals surface area contributed by atoms with Gasteiger partial charge < -0.3 is 0 Å². The van der Waals surface area contributed by atoms with E-state index in [4.69, 9.17) is 0 Å². The van der Waals surface area contributed by atoms with Crippen LogP contribution < -0.4 is 0 Å². The standard InChI is InChI=1S/C11H12BrN3/c1-2-9-7-14-15(8-9)11-4-3-10(5-12)6-13-11/h3-4,6-8H,2,5H2,1H3. The van der Waals surface area contributed by atoms with Crippen LogP contribution in [0.25, 0.3) is 5.82 Å². The normalized spacial score (nSPS) is 10.5. The average Bonchev–Trinajstić information content (AvgIpc) is 2.78. The summed E-state index contributed by atoms with van der Waals surface area (Å²) in [4.78, 5) is 4.34. The van der Waals surface area contributed by atoms with E-state index >= 15 is 0 Å². The van der Waals surface area contributed by atoms with Crippen molar-refractivity contribution in [3.05, 3.63) is 41.9 Å². The van der Waals surface area contributed by atoms with Crippen molar-refractivity contribution in [1.82, 2.24) is 14.8 Å². The lowest BCUT2D eigenvalue weighted by atomic mass is 10.3. The van der Waals surface area contributed by atoms with Gasteiger partial charge in [0.25, 0.3) is 0 Å².